The van der Waals surface area contributed by atoms with E-state index in [0.717, 1.165) is 26.6 Å². The van der Waals surface area contributed by atoms with Gasteiger partial charge in [-0.1, -0.05) is 43.9 Å². The molecule has 1 aromatic carbocycles. The maximum absolute atomic E-state index is 12.4. The van der Waals surface area contributed by atoms with E-state index in [9.17, 15) is 4.79 Å². The monoisotopic (exact) mass is 375 g/mol. The van der Waals surface area contributed by atoms with Crippen molar-refractivity contribution in [1.82, 2.24) is 10.2 Å². The Morgan fingerprint density at radius 3 is 2.88 bits per heavy atom. The first-order valence-corrected chi connectivity index (χ1v) is 10.0. The fourth-order valence-corrected chi connectivity index (χ4v) is 4.45. The summed E-state index contributed by atoms with van der Waals surface area (Å²) in [4.78, 5) is 12.4. The van der Waals surface area contributed by atoms with E-state index in [4.69, 9.17) is 4.42 Å². The van der Waals surface area contributed by atoms with E-state index in [2.05, 4.69) is 49.3 Å². The smallest absolute Gasteiger partial charge is 0.230 e. The molecule has 0 atom stereocenters. The lowest BCUT2D eigenvalue weighted by atomic mass is 9.95. The molecular formula is C18H21N3O2S2. The summed E-state index contributed by atoms with van der Waals surface area (Å²) < 4.78 is 6.51. The number of hydrogen-bond donors (Lipinski definition) is 1. The Kier molecular flexibility index (Phi) is 5.44. The third-order valence-corrected chi connectivity index (χ3v) is 5.79. The van der Waals surface area contributed by atoms with E-state index in [0.29, 0.717) is 11.0 Å². The van der Waals surface area contributed by atoms with E-state index in [-0.39, 0.29) is 12.3 Å². The van der Waals surface area contributed by atoms with Gasteiger partial charge in [-0.25, -0.2) is 0 Å². The van der Waals surface area contributed by atoms with Crippen LogP contribution < -0.4 is 5.32 Å². The van der Waals surface area contributed by atoms with Crippen LogP contribution in [-0.4, -0.2) is 21.9 Å². The van der Waals surface area contributed by atoms with E-state index >= 15 is 0 Å². The van der Waals surface area contributed by atoms with Crippen molar-refractivity contribution in [3.63, 3.8) is 0 Å². The summed E-state index contributed by atoms with van der Waals surface area (Å²) in [6, 6.07) is 4.19. The molecule has 0 spiro atoms. The van der Waals surface area contributed by atoms with E-state index in [1.165, 1.54) is 22.5 Å². The molecular weight excluding hydrogens is 354 g/mol. The number of furan rings is 1. The molecule has 3 aromatic rings. The second-order valence-electron chi connectivity index (χ2n) is 6.15. The van der Waals surface area contributed by atoms with Crippen molar-refractivity contribution in [2.75, 3.05) is 11.1 Å². The molecule has 3 rings (SSSR count). The van der Waals surface area contributed by atoms with Gasteiger partial charge in [-0.05, 0) is 41.9 Å². The van der Waals surface area contributed by atoms with Crippen molar-refractivity contribution in [3.8, 4) is 0 Å². The summed E-state index contributed by atoms with van der Waals surface area (Å²) in [5.41, 5.74) is 4.20. The third-order valence-electron chi connectivity index (χ3n) is 3.94. The van der Waals surface area contributed by atoms with Crippen molar-refractivity contribution in [2.45, 2.75) is 44.4 Å². The summed E-state index contributed by atoms with van der Waals surface area (Å²) >= 11 is 3.01. The van der Waals surface area contributed by atoms with Crippen LogP contribution in [-0.2, 0) is 11.2 Å². The molecule has 0 aliphatic rings. The first kappa shape index (κ1) is 17.9. The van der Waals surface area contributed by atoms with Gasteiger partial charge in [-0.2, -0.15) is 0 Å². The standard InChI is InChI=1S/C18H21N3O2S2/c1-5-24-18-21-20-17(25-18)19-16(22)7-12-9-23-15-6-11(4)13(10(2)3)8-14(12)15/h6,8-10H,5,7H2,1-4H3,(H,19,20,22). The Morgan fingerprint density at radius 2 is 2.16 bits per heavy atom. The van der Waals surface area contributed by atoms with Crippen molar-refractivity contribution in [2.24, 2.45) is 0 Å². The van der Waals surface area contributed by atoms with Gasteiger partial charge < -0.3 is 9.73 Å². The number of carbonyl (C=O) groups excluding carboxylic acids is 1. The topological polar surface area (TPSA) is 68.0 Å². The van der Waals surface area contributed by atoms with Crippen molar-refractivity contribution < 1.29 is 9.21 Å². The van der Waals surface area contributed by atoms with Gasteiger partial charge in [0.25, 0.3) is 0 Å². The highest BCUT2D eigenvalue weighted by molar-refractivity contribution is 8.01. The summed E-state index contributed by atoms with van der Waals surface area (Å²) in [6.07, 6.45) is 1.93. The Labute approximate surface area is 155 Å². The molecule has 0 saturated heterocycles. The van der Waals surface area contributed by atoms with Crippen LogP contribution in [0.15, 0.2) is 27.2 Å². The number of nitrogens with zero attached hydrogens (tertiary/aromatic N) is 2. The molecule has 1 N–H and O–H groups in total. The van der Waals surface area contributed by atoms with Crippen LogP contribution in [0, 0.1) is 6.92 Å². The maximum Gasteiger partial charge on any atom is 0.230 e. The predicted molar refractivity (Wildman–Crippen MR) is 104 cm³/mol. The Bertz CT molecular complexity index is 899. The van der Waals surface area contributed by atoms with Crippen LogP contribution in [0.25, 0.3) is 11.0 Å². The largest absolute Gasteiger partial charge is 0.464 e. The number of anilines is 1. The SMILES string of the molecule is CCSc1nnc(NC(=O)Cc2coc3cc(C)c(C(C)C)cc23)s1. The molecule has 2 aromatic heterocycles. The average Bonchev–Trinajstić information content (AvgIpc) is 3.14. The second-order valence-corrected chi connectivity index (χ2v) is 8.64. The van der Waals surface area contributed by atoms with Crippen LogP contribution in [0.2, 0.25) is 0 Å². The second kappa shape index (κ2) is 7.58. The van der Waals surface area contributed by atoms with Crippen molar-refractivity contribution in [1.29, 1.82) is 0 Å². The van der Waals surface area contributed by atoms with Gasteiger partial charge in [0, 0.05) is 10.9 Å². The normalized spacial score (nSPS) is 11.4. The molecule has 25 heavy (non-hydrogen) atoms. The molecule has 132 valence electrons. The number of carbonyl (C=O) groups is 1. The van der Waals surface area contributed by atoms with E-state index in [1.807, 2.05) is 6.07 Å². The summed E-state index contributed by atoms with van der Waals surface area (Å²) in [5.74, 6) is 1.25. The quantitative estimate of drug-likeness (QED) is 0.484. The van der Waals surface area contributed by atoms with Gasteiger partial charge in [-0.3, -0.25) is 4.79 Å². The molecule has 5 nitrogen and oxygen atoms in total. The van der Waals surface area contributed by atoms with Crippen LogP contribution in [0.4, 0.5) is 5.13 Å². The zero-order chi connectivity index (χ0) is 18.0. The Hall–Kier alpha value is -1.86. The van der Waals surface area contributed by atoms with E-state index in [1.54, 1.807) is 18.0 Å². The highest BCUT2D eigenvalue weighted by atomic mass is 32.2. The van der Waals surface area contributed by atoms with Gasteiger partial charge in [0.15, 0.2) is 4.34 Å². The van der Waals surface area contributed by atoms with Crippen molar-refractivity contribution in [3.05, 3.63) is 35.1 Å². The van der Waals surface area contributed by atoms with Gasteiger partial charge in [-0.15, -0.1) is 10.2 Å². The number of hydrogen-bond acceptors (Lipinski definition) is 6. The number of nitrogens with one attached hydrogen (secondary N) is 1. The van der Waals surface area contributed by atoms with Gasteiger partial charge >= 0.3 is 0 Å². The average molecular weight is 376 g/mol. The first-order valence-electron chi connectivity index (χ1n) is 8.24. The number of rotatable bonds is 6. The number of amides is 1. The molecule has 0 aliphatic heterocycles. The number of aryl methyl sites for hydroxylation is 1. The lowest BCUT2D eigenvalue weighted by Gasteiger charge is -2.09. The molecule has 0 saturated carbocycles. The third kappa shape index (κ3) is 4.04. The summed E-state index contributed by atoms with van der Waals surface area (Å²) in [6.45, 7) is 8.48. The minimum absolute atomic E-state index is 0.112. The summed E-state index contributed by atoms with van der Waals surface area (Å²) in [7, 11) is 0. The van der Waals surface area contributed by atoms with Crippen LogP contribution >= 0.6 is 23.1 Å². The number of benzene rings is 1. The maximum atomic E-state index is 12.4. The molecule has 0 unspecified atom stereocenters. The Balaban J connectivity index is 1.77. The van der Waals surface area contributed by atoms with Gasteiger partial charge in [0.05, 0.1) is 12.7 Å². The predicted octanol–water partition coefficient (Wildman–Crippen LogP) is 5.01. The van der Waals surface area contributed by atoms with Crippen LogP contribution in [0.5, 0.6) is 0 Å². The van der Waals surface area contributed by atoms with Crippen LogP contribution in [0.1, 0.15) is 43.4 Å². The summed E-state index contributed by atoms with van der Waals surface area (Å²) in [5, 5.41) is 12.4. The fourth-order valence-electron chi connectivity index (χ4n) is 2.78. The highest BCUT2D eigenvalue weighted by Gasteiger charge is 2.15. The minimum atomic E-state index is -0.112. The molecule has 0 bridgehead atoms. The van der Waals surface area contributed by atoms with E-state index < -0.39 is 0 Å². The first-order chi connectivity index (χ1) is 12.0. The molecule has 7 heteroatoms. The van der Waals surface area contributed by atoms with Crippen molar-refractivity contribution >= 4 is 45.1 Å². The minimum Gasteiger partial charge on any atom is -0.464 e. The zero-order valence-electron chi connectivity index (χ0n) is 14.8. The molecule has 0 radical (unpaired) electrons. The van der Waals surface area contributed by atoms with Gasteiger partial charge in [0.2, 0.25) is 11.0 Å². The fraction of sp³-hybridized carbons (Fsp3) is 0.389. The number of fused-ring (bicyclic) bond motifs is 1. The molecule has 0 aliphatic carbocycles. The lowest BCUT2D eigenvalue weighted by Crippen LogP contribution is -2.14. The highest BCUT2D eigenvalue weighted by Crippen LogP contribution is 2.30. The lowest BCUT2D eigenvalue weighted by molar-refractivity contribution is -0.115. The molecule has 0 fully saturated rings. The number of thioether (sulfide) groups is 1. The van der Waals surface area contributed by atoms with Crippen LogP contribution in [0.3, 0.4) is 0 Å². The number of aromatic nitrogens is 2. The Morgan fingerprint density at radius 1 is 1.36 bits per heavy atom. The zero-order valence-corrected chi connectivity index (χ0v) is 16.4. The molecule has 2 heterocycles. The van der Waals surface area contributed by atoms with Gasteiger partial charge in [0.1, 0.15) is 5.58 Å². The molecule has 1 amide bonds.